The van der Waals surface area contributed by atoms with Crippen molar-refractivity contribution >= 4 is 23.2 Å². The number of anilines is 1. The molecule has 1 aromatic carbocycles. The molecule has 2 rings (SSSR count). The topological polar surface area (TPSA) is 58.6 Å². The first kappa shape index (κ1) is 14.9. The molecule has 1 atom stereocenters. The lowest BCUT2D eigenvalue weighted by atomic mass is 10.1. The van der Waals surface area contributed by atoms with E-state index < -0.39 is 0 Å². The van der Waals surface area contributed by atoms with Crippen molar-refractivity contribution in [3.05, 3.63) is 28.8 Å². The van der Waals surface area contributed by atoms with Crippen molar-refractivity contribution < 1.29 is 14.6 Å². The number of ether oxygens (including phenoxy) is 1. The SMILES string of the molecule is O=C(Nc1ccc(Cl)cc1C#CCCO)C1CCOC1. The predicted molar refractivity (Wildman–Crippen MR) is 77.6 cm³/mol. The van der Waals surface area contributed by atoms with Gasteiger partial charge >= 0.3 is 0 Å². The largest absolute Gasteiger partial charge is 0.395 e. The minimum atomic E-state index is -0.107. The maximum atomic E-state index is 12.1. The molecule has 2 N–H and O–H groups in total. The zero-order valence-corrected chi connectivity index (χ0v) is 11.7. The van der Waals surface area contributed by atoms with Crippen LogP contribution in [0.5, 0.6) is 0 Å². The van der Waals surface area contributed by atoms with Crippen LogP contribution < -0.4 is 5.32 Å². The molecule has 1 aromatic rings. The normalized spacial score (nSPS) is 17.4. The first-order chi connectivity index (χ1) is 9.70. The van der Waals surface area contributed by atoms with Crippen LogP contribution in [0.2, 0.25) is 5.02 Å². The Kier molecular flexibility index (Phi) is 5.42. The first-order valence-corrected chi connectivity index (χ1v) is 6.86. The van der Waals surface area contributed by atoms with Crippen molar-refractivity contribution in [2.24, 2.45) is 5.92 Å². The smallest absolute Gasteiger partial charge is 0.229 e. The summed E-state index contributed by atoms with van der Waals surface area (Å²) in [6, 6.07) is 5.14. The van der Waals surface area contributed by atoms with Gasteiger partial charge in [0, 0.05) is 23.6 Å². The van der Waals surface area contributed by atoms with Crippen LogP contribution in [0, 0.1) is 17.8 Å². The third-order valence-corrected chi connectivity index (χ3v) is 3.23. The monoisotopic (exact) mass is 293 g/mol. The fourth-order valence-corrected chi connectivity index (χ4v) is 2.09. The highest BCUT2D eigenvalue weighted by molar-refractivity contribution is 6.30. The number of aliphatic hydroxyl groups is 1. The Bertz CT molecular complexity index is 542. The molecule has 0 radical (unpaired) electrons. The zero-order valence-electron chi connectivity index (χ0n) is 11.0. The summed E-state index contributed by atoms with van der Waals surface area (Å²) in [4.78, 5) is 12.1. The van der Waals surface area contributed by atoms with E-state index in [0.717, 1.165) is 6.42 Å². The number of benzene rings is 1. The fraction of sp³-hybridized carbons (Fsp3) is 0.400. The Hall–Kier alpha value is -1.54. The standard InChI is InChI=1S/C15H16ClNO3/c16-13-4-5-14(11(9-13)3-1-2-7-18)17-15(19)12-6-8-20-10-12/h4-5,9,12,18H,2,6-8,10H2,(H,17,19). The fourth-order valence-electron chi connectivity index (χ4n) is 1.92. The summed E-state index contributed by atoms with van der Waals surface area (Å²) in [6.45, 7) is 1.10. The van der Waals surface area contributed by atoms with Crippen LogP contribution in [0.1, 0.15) is 18.4 Å². The van der Waals surface area contributed by atoms with Crippen LogP contribution in [-0.2, 0) is 9.53 Å². The van der Waals surface area contributed by atoms with E-state index in [-0.39, 0.29) is 18.4 Å². The maximum absolute atomic E-state index is 12.1. The van der Waals surface area contributed by atoms with Crippen LogP contribution in [0.3, 0.4) is 0 Å². The van der Waals surface area contributed by atoms with E-state index in [1.54, 1.807) is 18.2 Å². The molecule has 1 aliphatic rings. The van der Waals surface area contributed by atoms with E-state index in [4.69, 9.17) is 21.4 Å². The number of hydrogen-bond donors (Lipinski definition) is 2. The molecule has 1 unspecified atom stereocenters. The molecule has 0 aliphatic carbocycles. The molecule has 1 saturated heterocycles. The van der Waals surface area contributed by atoms with Gasteiger partial charge in [-0.15, -0.1) is 0 Å². The van der Waals surface area contributed by atoms with E-state index in [9.17, 15) is 4.79 Å². The van der Waals surface area contributed by atoms with Crippen LogP contribution >= 0.6 is 11.6 Å². The minimum absolute atomic E-state index is 0.00860. The average Bonchev–Trinajstić information content (AvgIpc) is 2.96. The van der Waals surface area contributed by atoms with Crippen molar-refractivity contribution in [3.63, 3.8) is 0 Å². The molecule has 106 valence electrons. The summed E-state index contributed by atoms with van der Waals surface area (Å²) in [5.74, 6) is 5.57. The Labute approximate surface area is 123 Å². The number of carbonyl (C=O) groups is 1. The Morgan fingerprint density at radius 2 is 2.40 bits per heavy atom. The van der Waals surface area contributed by atoms with E-state index in [1.807, 2.05) is 0 Å². The van der Waals surface area contributed by atoms with Gasteiger partial charge in [-0.3, -0.25) is 4.79 Å². The number of hydrogen-bond acceptors (Lipinski definition) is 3. The number of halogens is 1. The van der Waals surface area contributed by atoms with Crippen molar-refractivity contribution in [2.75, 3.05) is 25.1 Å². The molecular formula is C15H16ClNO3. The van der Waals surface area contributed by atoms with Crippen LogP contribution in [0.4, 0.5) is 5.69 Å². The number of aliphatic hydroxyl groups excluding tert-OH is 1. The number of amides is 1. The summed E-state index contributed by atoms with van der Waals surface area (Å²) in [5.41, 5.74) is 1.29. The van der Waals surface area contributed by atoms with Gasteiger partial charge in [0.15, 0.2) is 0 Å². The number of carbonyl (C=O) groups excluding carboxylic acids is 1. The van der Waals surface area contributed by atoms with Crippen molar-refractivity contribution in [1.82, 2.24) is 0 Å². The summed E-state index contributed by atoms with van der Waals surface area (Å²) < 4.78 is 5.21. The van der Waals surface area contributed by atoms with Gasteiger partial charge in [-0.2, -0.15) is 0 Å². The van der Waals surface area contributed by atoms with Crippen LogP contribution in [-0.4, -0.2) is 30.8 Å². The van der Waals surface area contributed by atoms with Crippen molar-refractivity contribution in [1.29, 1.82) is 0 Å². The molecular weight excluding hydrogens is 278 g/mol. The van der Waals surface area contributed by atoms with E-state index in [2.05, 4.69) is 17.2 Å². The molecule has 0 saturated carbocycles. The van der Waals surface area contributed by atoms with E-state index in [1.165, 1.54) is 0 Å². The highest BCUT2D eigenvalue weighted by atomic mass is 35.5. The molecule has 20 heavy (non-hydrogen) atoms. The summed E-state index contributed by atoms with van der Waals surface area (Å²) in [6.07, 6.45) is 1.13. The lowest BCUT2D eigenvalue weighted by molar-refractivity contribution is -0.119. The predicted octanol–water partition coefficient (Wildman–Crippen LogP) is 2.05. The average molecular weight is 294 g/mol. The third kappa shape index (κ3) is 3.97. The zero-order chi connectivity index (χ0) is 14.4. The summed E-state index contributed by atoms with van der Waals surface area (Å²) >= 11 is 5.94. The van der Waals surface area contributed by atoms with Gasteiger partial charge in [-0.25, -0.2) is 0 Å². The second-order valence-electron chi connectivity index (χ2n) is 4.52. The quantitative estimate of drug-likeness (QED) is 0.839. The number of rotatable bonds is 3. The minimum Gasteiger partial charge on any atom is -0.395 e. The lowest BCUT2D eigenvalue weighted by Gasteiger charge is -2.11. The Morgan fingerprint density at radius 3 is 3.10 bits per heavy atom. The van der Waals surface area contributed by atoms with Gasteiger partial charge in [0.05, 0.1) is 24.8 Å². The van der Waals surface area contributed by atoms with E-state index >= 15 is 0 Å². The van der Waals surface area contributed by atoms with Crippen molar-refractivity contribution in [2.45, 2.75) is 12.8 Å². The molecule has 1 amide bonds. The van der Waals surface area contributed by atoms with Gasteiger partial charge in [-0.05, 0) is 24.6 Å². The molecule has 0 aromatic heterocycles. The molecule has 5 heteroatoms. The maximum Gasteiger partial charge on any atom is 0.229 e. The van der Waals surface area contributed by atoms with Gasteiger partial charge in [-0.1, -0.05) is 23.4 Å². The van der Waals surface area contributed by atoms with Crippen molar-refractivity contribution in [3.8, 4) is 11.8 Å². The lowest BCUT2D eigenvalue weighted by Crippen LogP contribution is -2.23. The molecule has 1 fully saturated rings. The van der Waals surface area contributed by atoms with E-state index in [0.29, 0.717) is 35.9 Å². The van der Waals surface area contributed by atoms with Gasteiger partial charge in [0.25, 0.3) is 0 Å². The third-order valence-electron chi connectivity index (χ3n) is 3.00. The second kappa shape index (κ2) is 7.30. The highest BCUT2D eigenvalue weighted by Crippen LogP contribution is 2.22. The second-order valence-corrected chi connectivity index (χ2v) is 4.95. The molecule has 1 aliphatic heterocycles. The van der Waals surface area contributed by atoms with Gasteiger partial charge < -0.3 is 15.2 Å². The summed E-state index contributed by atoms with van der Waals surface area (Å²) in [5, 5.41) is 12.2. The molecule has 1 heterocycles. The highest BCUT2D eigenvalue weighted by Gasteiger charge is 2.23. The van der Waals surface area contributed by atoms with Crippen LogP contribution in [0.15, 0.2) is 18.2 Å². The Morgan fingerprint density at radius 1 is 1.55 bits per heavy atom. The van der Waals surface area contributed by atoms with Gasteiger partial charge in [0.1, 0.15) is 0 Å². The summed E-state index contributed by atoms with van der Waals surface area (Å²) in [7, 11) is 0. The molecule has 4 nitrogen and oxygen atoms in total. The first-order valence-electron chi connectivity index (χ1n) is 6.48. The molecule has 0 spiro atoms. The Balaban J connectivity index is 2.14. The number of nitrogens with one attached hydrogen (secondary N) is 1. The van der Waals surface area contributed by atoms with Gasteiger partial charge in [0.2, 0.25) is 5.91 Å². The molecule has 0 bridgehead atoms. The van der Waals surface area contributed by atoms with Crippen LogP contribution in [0.25, 0.3) is 0 Å².